The molecule has 8 heteroatoms. The lowest BCUT2D eigenvalue weighted by Gasteiger charge is -2.08. The molecule has 6 nitrogen and oxygen atoms in total. The van der Waals surface area contributed by atoms with Crippen molar-refractivity contribution in [2.24, 2.45) is 0 Å². The van der Waals surface area contributed by atoms with Gasteiger partial charge >= 0.3 is 5.97 Å². The SMILES string of the molecule is Cc1cc(NC(=O)COC(=O)CCC(=O)Nc2cccc(Cl)c2)ccc1Br. The van der Waals surface area contributed by atoms with Gasteiger partial charge in [0.2, 0.25) is 5.91 Å². The van der Waals surface area contributed by atoms with Crippen LogP contribution in [-0.2, 0) is 19.1 Å². The predicted octanol–water partition coefficient (Wildman–Crippen LogP) is 4.31. The van der Waals surface area contributed by atoms with Crippen molar-refractivity contribution in [2.45, 2.75) is 19.8 Å². The van der Waals surface area contributed by atoms with Gasteiger partial charge in [0.1, 0.15) is 0 Å². The number of halogens is 2. The zero-order valence-electron chi connectivity index (χ0n) is 14.6. The first-order valence-corrected chi connectivity index (χ1v) is 9.27. The first-order valence-electron chi connectivity index (χ1n) is 8.10. The summed E-state index contributed by atoms with van der Waals surface area (Å²) in [7, 11) is 0. The molecule has 142 valence electrons. The largest absolute Gasteiger partial charge is 0.456 e. The molecular weight excluding hydrogens is 436 g/mol. The summed E-state index contributed by atoms with van der Waals surface area (Å²) in [5, 5.41) is 5.77. The number of hydrogen-bond acceptors (Lipinski definition) is 4. The van der Waals surface area contributed by atoms with Gasteiger partial charge in [-0.2, -0.15) is 0 Å². The van der Waals surface area contributed by atoms with Crippen LogP contribution < -0.4 is 10.6 Å². The third-order valence-corrected chi connectivity index (χ3v) is 4.60. The van der Waals surface area contributed by atoms with Crippen molar-refractivity contribution in [3.63, 3.8) is 0 Å². The normalized spacial score (nSPS) is 10.2. The minimum Gasteiger partial charge on any atom is -0.456 e. The van der Waals surface area contributed by atoms with Crippen molar-refractivity contribution in [3.8, 4) is 0 Å². The van der Waals surface area contributed by atoms with E-state index in [1.807, 2.05) is 13.0 Å². The molecule has 0 unspecified atom stereocenters. The third kappa shape index (κ3) is 7.40. The number of carbonyl (C=O) groups is 3. The van der Waals surface area contributed by atoms with Gasteiger partial charge in [-0.15, -0.1) is 0 Å². The molecule has 0 bridgehead atoms. The lowest BCUT2D eigenvalue weighted by molar-refractivity contribution is -0.147. The zero-order valence-corrected chi connectivity index (χ0v) is 16.9. The molecule has 0 radical (unpaired) electrons. The average molecular weight is 454 g/mol. The number of ether oxygens (including phenoxy) is 1. The Bertz CT molecular complexity index is 857. The van der Waals surface area contributed by atoms with E-state index in [0.29, 0.717) is 16.4 Å². The van der Waals surface area contributed by atoms with E-state index in [2.05, 4.69) is 26.6 Å². The molecule has 0 aromatic heterocycles. The maximum Gasteiger partial charge on any atom is 0.306 e. The van der Waals surface area contributed by atoms with Crippen LogP contribution in [0.4, 0.5) is 11.4 Å². The van der Waals surface area contributed by atoms with Crippen LogP contribution >= 0.6 is 27.5 Å². The Hall–Kier alpha value is -2.38. The fourth-order valence-electron chi connectivity index (χ4n) is 2.14. The fourth-order valence-corrected chi connectivity index (χ4v) is 2.58. The Morgan fingerprint density at radius 3 is 2.41 bits per heavy atom. The van der Waals surface area contributed by atoms with Gasteiger partial charge in [-0.25, -0.2) is 0 Å². The number of carbonyl (C=O) groups excluding carboxylic acids is 3. The van der Waals surface area contributed by atoms with E-state index < -0.39 is 18.5 Å². The van der Waals surface area contributed by atoms with Crippen molar-refractivity contribution in [2.75, 3.05) is 17.2 Å². The van der Waals surface area contributed by atoms with Crippen LogP contribution in [0.5, 0.6) is 0 Å². The van der Waals surface area contributed by atoms with Crippen LogP contribution in [0.3, 0.4) is 0 Å². The molecule has 2 aromatic carbocycles. The second-order valence-electron chi connectivity index (χ2n) is 5.73. The highest BCUT2D eigenvalue weighted by Crippen LogP contribution is 2.20. The molecule has 2 N–H and O–H groups in total. The van der Waals surface area contributed by atoms with Gasteiger partial charge in [-0.3, -0.25) is 14.4 Å². The lowest BCUT2D eigenvalue weighted by Crippen LogP contribution is -2.21. The number of hydrogen-bond donors (Lipinski definition) is 2. The summed E-state index contributed by atoms with van der Waals surface area (Å²) in [4.78, 5) is 35.4. The predicted molar refractivity (Wildman–Crippen MR) is 108 cm³/mol. The highest BCUT2D eigenvalue weighted by atomic mass is 79.9. The number of benzene rings is 2. The molecule has 2 amide bonds. The van der Waals surface area contributed by atoms with Gasteiger partial charge < -0.3 is 15.4 Å². The molecule has 2 rings (SSSR count). The molecule has 0 atom stereocenters. The molecule has 0 saturated heterocycles. The number of esters is 1. The van der Waals surface area contributed by atoms with Gasteiger partial charge in [0.25, 0.3) is 5.91 Å². The number of anilines is 2. The highest BCUT2D eigenvalue weighted by Gasteiger charge is 2.11. The van der Waals surface area contributed by atoms with Gasteiger partial charge in [0, 0.05) is 27.3 Å². The number of nitrogens with one attached hydrogen (secondary N) is 2. The Labute approximate surface area is 170 Å². The average Bonchev–Trinajstić information content (AvgIpc) is 2.61. The Balaban J connectivity index is 1.69. The van der Waals surface area contributed by atoms with E-state index in [-0.39, 0.29) is 18.7 Å². The number of rotatable bonds is 7. The number of aryl methyl sites for hydroxylation is 1. The van der Waals surface area contributed by atoms with Gasteiger partial charge in [0.15, 0.2) is 6.61 Å². The van der Waals surface area contributed by atoms with Gasteiger partial charge in [-0.1, -0.05) is 33.6 Å². The van der Waals surface area contributed by atoms with E-state index in [4.69, 9.17) is 16.3 Å². The minimum absolute atomic E-state index is 0.0567. The first-order chi connectivity index (χ1) is 12.8. The van der Waals surface area contributed by atoms with Crippen LogP contribution in [0.25, 0.3) is 0 Å². The van der Waals surface area contributed by atoms with Gasteiger partial charge in [-0.05, 0) is 48.9 Å². The van der Waals surface area contributed by atoms with Crippen LogP contribution in [0, 0.1) is 6.92 Å². The monoisotopic (exact) mass is 452 g/mol. The molecule has 0 spiro atoms. The molecular formula is C19H18BrClN2O4. The summed E-state index contributed by atoms with van der Waals surface area (Å²) in [6, 6.07) is 12.0. The molecule has 0 aliphatic rings. The third-order valence-electron chi connectivity index (χ3n) is 3.47. The zero-order chi connectivity index (χ0) is 19.8. The Kier molecular flexibility index (Phi) is 7.82. The second kappa shape index (κ2) is 10.1. The van der Waals surface area contributed by atoms with Crippen molar-refractivity contribution in [3.05, 3.63) is 57.5 Å². The number of amides is 2. The topological polar surface area (TPSA) is 84.5 Å². The Morgan fingerprint density at radius 2 is 1.70 bits per heavy atom. The van der Waals surface area contributed by atoms with Crippen LogP contribution in [0.15, 0.2) is 46.9 Å². The molecule has 0 aliphatic heterocycles. The van der Waals surface area contributed by atoms with E-state index in [1.165, 1.54) is 0 Å². The molecule has 2 aromatic rings. The smallest absolute Gasteiger partial charge is 0.306 e. The molecule has 0 aliphatic carbocycles. The summed E-state index contributed by atoms with van der Waals surface area (Å²) >= 11 is 9.21. The van der Waals surface area contributed by atoms with Crippen molar-refractivity contribution in [1.82, 2.24) is 0 Å². The van der Waals surface area contributed by atoms with E-state index in [0.717, 1.165) is 10.0 Å². The lowest BCUT2D eigenvalue weighted by atomic mass is 10.2. The van der Waals surface area contributed by atoms with Crippen molar-refractivity contribution < 1.29 is 19.1 Å². The maximum atomic E-state index is 11.8. The van der Waals surface area contributed by atoms with Crippen molar-refractivity contribution >= 4 is 56.7 Å². The minimum atomic E-state index is -0.626. The molecule has 0 heterocycles. The van der Waals surface area contributed by atoms with Gasteiger partial charge in [0.05, 0.1) is 6.42 Å². The summed E-state index contributed by atoms with van der Waals surface area (Å²) in [6.45, 7) is 1.48. The summed E-state index contributed by atoms with van der Waals surface area (Å²) in [6.07, 6.45) is -0.185. The summed E-state index contributed by atoms with van der Waals surface area (Å²) < 4.78 is 5.82. The first kappa shape index (κ1) is 20.9. The molecule has 0 saturated carbocycles. The Morgan fingerprint density at radius 1 is 1.00 bits per heavy atom. The standard InChI is InChI=1S/C19H18BrClN2O4/c1-12-9-15(5-6-16(12)20)23-18(25)11-27-19(26)8-7-17(24)22-14-4-2-3-13(21)10-14/h2-6,9-10H,7-8,11H2,1H3,(H,22,24)(H,23,25). The fraction of sp³-hybridized carbons (Fsp3) is 0.211. The summed E-state index contributed by atoms with van der Waals surface area (Å²) in [5.41, 5.74) is 2.12. The molecule has 0 fully saturated rings. The van der Waals surface area contributed by atoms with E-state index >= 15 is 0 Å². The molecule has 27 heavy (non-hydrogen) atoms. The highest BCUT2D eigenvalue weighted by molar-refractivity contribution is 9.10. The quantitative estimate of drug-likeness (QED) is 0.612. The van der Waals surface area contributed by atoms with E-state index in [1.54, 1.807) is 36.4 Å². The maximum absolute atomic E-state index is 11.8. The van der Waals surface area contributed by atoms with Crippen molar-refractivity contribution in [1.29, 1.82) is 0 Å². The summed E-state index contributed by atoms with van der Waals surface area (Å²) in [5.74, 6) is -1.42. The van der Waals surface area contributed by atoms with E-state index in [9.17, 15) is 14.4 Å². The van der Waals surface area contributed by atoms with Crippen LogP contribution in [0.2, 0.25) is 5.02 Å². The van der Waals surface area contributed by atoms with Crippen LogP contribution in [0.1, 0.15) is 18.4 Å². The van der Waals surface area contributed by atoms with Crippen LogP contribution in [-0.4, -0.2) is 24.4 Å². The second-order valence-corrected chi connectivity index (χ2v) is 7.02.